The molecule has 0 radical (unpaired) electrons. The minimum Gasteiger partial charge on any atom is -0.395 e. The number of nitrogens with zero attached hydrogens (tertiary/aromatic N) is 1. The first-order valence-corrected chi connectivity index (χ1v) is 3.30. The Morgan fingerprint density at radius 3 is 2.40 bits per heavy atom. The van der Waals surface area contributed by atoms with E-state index < -0.39 is 0 Å². The van der Waals surface area contributed by atoms with E-state index in [0.717, 1.165) is 26.1 Å². The second-order valence-electron chi connectivity index (χ2n) is 2.17. The zero-order valence-electron chi connectivity index (χ0n) is 6.42. The molecule has 0 aliphatic rings. The molecule has 0 aromatic carbocycles. The van der Waals surface area contributed by atoms with Crippen molar-refractivity contribution >= 4 is 12.4 Å². The largest absolute Gasteiger partial charge is 0.395 e. The monoisotopic (exact) mass is 168 g/mol. The molecule has 0 fully saturated rings. The first-order chi connectivity index (χ1) is 4.31. The van der Waals surface area contributed by atoms with Crippen molar-refractivity contribution in [2.75, 3.05) is 33.3 Å². The van der Waals surface area contributed by atoms with Gasteiger partial charge in [-0.15, -0.1) is 12.4 Å². The van der Waals surface area contributed by atoms with Crippen molar-refractivity contribution in [2.24, 2.45) is 5.73 Å². The Kier molecular flexibility index (Phi) is 11.7. The van der Waals surface area contributed by atoms with Crippen molar-refractivity contribution in [1.29, 1.82) is 0 Å². The molecule has 0 aliphatic heterocycles. The van der Waals surface area contributed by atoms with Gasteiger partial charge in [0.1, 0.15) is 0 Å². The van der Waals surface area contributed by atoms with Gasteiger partial charge < -0.3 is 15.7 Å². The van der Waals surface area contributed by atoms with E-state index in [-0.39, 0.29) is 19.0 Å². The SMILES string of the molecule is CN(CCO)CCCN.Cl. The summed E-state index contributed by atoms with van der Waals surface area (Å²) in [6, 6.07) is 0. The van der Waals surface area contributed by atoms with Crippen molar-refractivity contribution in [2.45, 2.75) is 6.42 Å². The summed E-state index contributed by atoms with van der Waals surface area (Å²) in [4.78, 5) is 2.06. The first-order valence-electron chi connectivity index (χ1n) is 3.30. The summed E-state index contributed by atoms with van der Waals surface area (Å²) in [7, 11) is 1.98. The number of nitrogens with two attached hydrogens (primary N) is 1. The molecule has 0 unspecified atom stereocenters. The van der Waals surface area contributed by atoms with Crippen LogP contribution in [0.5, 0.6) is 0 Å². The van der Waals surface area contributed by atoms with Crippen LogP contribution in [0.25, 0.3) is 0 Å². The molecule has 0 aromatic rings. The number of likely N-dealkylation sites (N-methyl/N-ethyl adjacent to an activating group) is 1. The van der Waals surface area contributed by atoms with Gasteiger partial charge >= 0.3 is 0 Å². The van der Waals surface area contributed by atoms with Gasteiger partial charge in [-0.3, -0.25) is 0 Å². The molecular weight excluding hydrogens is 152 g/mol. The van der Waals surface area contributed by atoms with E-state index >= 15 is 0 Å². The first kappa shape index (κ1) is 12.8. The highest BCUT2D eigenvalue weighted by atomic mass is 35.5. The lowest BCUT2D eigenvalue weighted by molar-refractivity contribution is 0.221. The molecule has 0 aromatic heterocycles. The van der Waals surface area contributed by atoms with Crippen molar-refractivity contribution in [3.63, 3.8) is 0 Å². The van der Waals surface area contributed by atoms with E-state index in [4.69, 9.17) is 10.8 Å². The van der Waals surface area contributed by atoms with E-state index in [2.05, 4.69) is 4.90 Å². The Labute approximate surface area is 68.6 Å². The van der Waals surface area contributed by atoms with Crippen LogP contribution >= 0.6 is 12.4 Å². The van der Waals surface area contributed by atoms with E-state index in [1.54, 1.807) is 0 Å². The highest BCUT2D eigenvalue weighted by molar-refractivity contribution is 5.85. The fraction of sp³-hybridized carbons (Fsp3) is 1.00. The third kappa shape index (κ3) is 8.17. The van der Waals surface area contributed by atoms with Crippen LogP contribution in [0.2, 0.25) is 0 Å². The molecular formula is C6H17ClN2O. The maximum Gasteiger partial charge on any atom is 0.0558 e. The summed E-state index contributed by atoms with van der Waals surface area (Å²) in [5, 5.41) is 8.46. The number of aliphatic hydroxyl groups is 1. The third-order valence-corrected chi connectivity index (χ3v) is 1.23. The van der Waals surface area contributed by atoms with Crippen LogP contribution in [0.4, 0.5) is 0 Å². The second-order valence-corrected chi connectivity index (χ2v) is 2.17. The molecule has 0 heterocycles. The van der Waals surface area contributed by atoms with Crippen molar-refractivity contribution in [3.05, 3.63) is 0 Å². The molecule has 3 N–H and O–H groups in total. The van der Waals surface area contributed by atoms with Gasteiger partial charge in [-0.05, 0) is 26.6 Å². The summed E-state index contributed by atoms with van der Waals surface area (Å²) < 4.78 is 0. The van der Waals surface area contributed by atoms with Crippen LogP contribution in [-0.4, -0.2) is 43.3 Å². The molecule has 0 saturated heterocycles. The Hall–Kier alpha value is 0.170. The summed E-state index contributed by atoms with van der Waals surface area (Å²) in [6.45, 7) is 2.70. The Morgan fingerprint density at radius 2 is 2.00 bits per heavy atom. The molecule has 0 rings (SSSR count). The fourth-order valence-corrected chi connectivity index (χ4v) is 0.644. The third-order valence-electron chi connectivity index (χ3n) is 1.23. The number of hydrogen-bond acceptors (Lipinski definition) is 3. The predicted octanol–water partition coefficient (Wildman–Crippen LogP) is -0.319. The quantitative estimate of drug-likeness (QED) is 0.592. The summed E-state index contributed by atoms with van der Waals surface area (Å²) >= 11 is 0. The number of rotatable bonds is 5. The normalized spacial score (nSPS) is 9.60. The standard InChI is InChI=1S/C6H16N2O.ClH/c1-8(5-6-9)4-2-3-7;/h9H,2-7H2,1H3;1H. The lowest BCUT2D eigenvalue weighted by Gasteiger charge is -2.13. The zero-order valence-corrected chi connectivity index (χ0v) is 7.23. The lowest BCUT2D eigenvalue weighted by Crippen LogP contribution is -2.24. The molecule has 0 aliphatic carbocycles. The lowest BCUT2D eigenvalue weighted by atomic mass is 10.4. The maximum absolute atomic E-state index is 8.46. The van der Waals surface area contributed by atoms with Gasteiger partial charge in [0.2, 0.25) is 0 Å². The molecule has 10 heavy (non-hydrogen) atoms. The van der Waals surface area contributed by atoms with Crippen molar-refractivity contribution in [1.82, 2.24) is 4.90 Å². The highest BCUT2D eigenvalue weighted by Crippen LogP contribution is 1.82. The number of aliphatic hydroxyl groups excluding tert-OH is 1. The van der Waals surface area contributed by atoms with Crippen LogP contribution in [0.1, 0.15) is 6.42 Å². The van der Waals surface area contributed by atoms with E-state index in [1.807, 2.05) is 7.05 Å². The van der Waals surface area contributed by atoms with Crippen LogP contribution in [-0.2, 0) is 0 Å². The van der Waals surface area contributed by atoms with E-state index in [0.29, 0.717) is 0 Å². The summed E-state index contributed by atoms with van der Waals surface area (Å²) in [6.07, 6.45) is 1.01. The molecule has 64 valence electrons. The number of halogens is 1. The van der Waals surface area contributed by atoms with Crippen LogP contribution in [0.3, 0.4) is 0 Å². The smallest absolute Gasteiger partial charge is 0.0558 e. The van der Waals surface area contributed by atoms with Crippen LogP contribution in [0.15, 0.2) is 0 Å². The van der Waals surface area contributed by atoms with Gasteiger partial charge in [-0.2, -0.15) is 0 Å². The zero-order chi connectivity index (χ0) is 7.11. The minimum absolute atomic E-state index is 0. The minimum atomic E-state index is 0. The Bertz CT molecular complexity index is 63.7. The molecule has 3 nitrogen and oxygen atoms in total. The van der Waals surface area contributed by atoms with Gasteiger partial charge in [-0.1, -0.05) is 0 Å². The van der Waals surface area contributed by atoms with Gasteiger partial charge in [0.25, 0.3) is 0 Å². The van der Waals surface area contributed by atoms with Gasteiger partial charge in [-0.25, -0.2) is 0 Å². The summed E-state index contributed by atoms with van der Waals surface area (Å²) in [5.74, 6) is 0. The van der Waals surface area contributed by atoms with Gasteiger partial charge in [0.05, 0.1) is 6.61 Å². The van der Waals surface area contributed by atoms with Gasteiger partial charge in [0, 0.05) is 6.54 Å². The molecule has 0 bridgehead atoms. The molecule has 4 heteroatoms. The maximum atomic E-state index is 8.46. The predicted molar refractivity (Wildman–Crippen MR) is 45.5 cm³/mol. The van der Waals surface area contributed by atoms with E-state index in [9.17, 15) is 0 Å². The van der Waals surface area contributed by atoms with Crippen molar-refractivity contribution in [3.8, 4) is 0 Å². The average Bonchev–Trinajstić information content (AvgIpc) is 1.85. The Balaban J connectivity index is 0. The highest BCUT2D eigenvalue weighted by Gasteiger charge is 1.93. The molecule has 0 atom stereocenters. The van der Waals surface area contributed by atoms with Crippen LogP contribution < -0.4 is 5.73 Å². The number of hydrogen-bond donors (Lipinski definition) is 2. The van der Waals surface area contributed by atoms with Crippen molar-refractivity contribution < 1.29 is 5.11 Å². The van der Waals surface area contributed by atoms with Gasteiger partial charge in [0.15, 0.2) is 0 Å². The molecule has 0 spiro atoms. The summed E-state index contributed by atoms with van der Waals surface area (Å²) in [5.41, 5.74) is 5.28. The average molecular weight is 169 g/mol. The molecule has 0 saturated carbocycles. The Morgan fingerprint density at radius 1 is 1.40 bits per heavy atom. The molecule has 0 amide bonds. The van der Waals surface area contributed by atoms with E-state index in [1.165, 1.54) is 0 Å². The fourth-order valence-electron chi connectivity index (χ4n) is 0.644. The topological polar surface area (TPSA) is 49.5 Å². The second kappa shape index (κ2) is 9.17. The van der Waals surface area contributed by atoms with Crippen LogP contribution in [0, 0.1) is 0 Å².